The highest BCUT2D eigenvalue weighted by Gasteiger charge is 2.14. The van der Waals surface area contributed by atoms with Crippen molar-refractivity contribution in [2.45, 2.75) is 19.4 Å². The number of halogens is 2. The normalized spacial score (nSPS) is 12.4. The second kappa shape index (κ2) is 5.65. The lowest BCUT2D eigenvalue weighted by molar-refractivity contribution is 0.665. The van der Waals surface area contributed by atoms with Crippen molar-refractivity contribution in [1.29, 1.82) is 0 Å². The number of rotatable bonds is 3. The maximum Gasteiger partial charge on any atom is 0.145 e. The molecule has 5 heteroatoms. The monoisotopic (exact) mass is 281 g/mol. The second-order valence-electron chi connectivity index (χ2n) is 4.13. The molecule has 0 saturated heterocycles. The molecule has 2 rings (SSSR count). The minimum Gasteiger partial charge on any atom is -0.321 e. The summed E-state index contributed by atoms with van der Waals surface area (Å²) in [5, 5.41) is 1.23. The fourth-order valence-electron chi connectivity index (χ4n) is 1.63. The van der Waals surface area contributed by atoms with Gasteiger partial charge in [-0.05, 0) is 36.6 Å². The van der Waals surface area contributed by atoms with Crippen LogP contribution >= 0.6 is 23.2 Å². The fourth-order valence-corrected chi connectivity index (χ4v) is 2.18. The molecule has 1 unspecified atom stereocenters. The Morgan fingerprint density at radius 3 is 2.28 bits per heavy atom. The third-order valence-corrected chi connectivity index (χ3v) is 3.33. The van der Waals surface area contributed by atoms with Gasteiger partial charge in [0.2, 0.25) is 0 Å². The van der Waals surface area contributed by atoms with Gasteiger partial charge in [-0.2, -0.15) is 0 Å². The number of aromatic nitrogens is 2. The van der Waals surface area contributed by atoms with E-state index in [0.717, 1.165) is 11.1 Å². The molecule has 2 aromatic rings. The first-order valence-corrected chi connectivity index (χ1v) is 6.30. The summed E-state index contributed by atoms with van der Waals surface area (Å²) in [4.78, 5) is 8.42. The average molecular weight is 282 g/mol. The van der Waals surface area contributed by atoms with Gasteiger partial charge in [0.15, 0.2) is 0 Å². The first-order valence-electron chi connectivity index (χ1n) is 5.55. The van der Waals surface area contributed by atoms with Crippen LogP contribution in [-0.4, -0.2) is 9.97 Å². The molecule has 0 aliphatic carbocycles. The van der Waals surface area contributed by atoms with Gasteiger partial charge in [-0.15, -0.1) is 0 Å². The third-order valence-electron chi connectivity index (χ3n) is 2.62. The number of benzene rings is 1. The van der Waals surface area contributed by atoms with E-state index in [1.165, 1.54) is 0 Å². The zero-order chi connectivity index (χ0) is 13.1. The van der Waals surface area contributed by atoms with E-state index in [4.69, 9.17) is 28.9 Å². The largest absolute Gasteiger partial charge is 0.321 e. The molecular weight excluding hydrogens is 269 g/mol. The number of nitrogens with zero attached hydrogens (tertiary/aromatic N) is 2. The second-order valence-corrected chi connectivity index (χ2v) is 4.94. The smallest absolute Gasteiger partial charge is 0.145 e. The number of hydrogen-bond donors (Lipinski definition) is 1. The topological polar surface area (TPSA) is 51.8 Å². The third kappa shape index (κ3) is 2.99. The standard InChI is InChI=1S/C13H13Cl2N3/c1-8-6-17-13(18-7-8)12(16)5-9-10(14)3-2-4-11(9)15/h2-4,6-7,12H,5,16H2,1H3. The molecule has 1 heterocycles. The van der Waals surface area contributed by atoms with E-state index < -0.39 is 0 Å². The van der Waals surface area contributed by atoms with Crippen molar-refractivity contribution in [1.82, 2.24) is 9.97 Å². The molecule has 0 aliphatic heterocycles. The van der Waals surface area contributed by atoms with Crippen LogP contribution in [0.3, 0.4) is 0 Å². The molecule has 1 aromatic heterocycles. The highest BCUT2D eigenvalue weighted by molar-refractivity contribution is 6.35. The predicted octanol–water partition coefficient (Wildman–Crippen LogP) is 3.33. The van der Waals surface area contributed by atoms with Gasteiger partial charge in [0.1, 0.15) is 5.82 Å². The molecule has 0 bridgehead atoms. The van der Waals surface area contributed by atoms with Crippen molar-refractivity contribution < 1.29 is 0 Å². The van der Waals surface area contributed by atoms with Gasteiger partial charge >= 0.3 is 0 Å². The fraction of sp³-hybridized carbons (Fsp3) is 0.231. The van der Waals surface area contributed by atoms with Gasteiger partial charge in [0.25, 0.3) is 0 Å². The average Bonchev–Trinajstić information content (AvgIpc) is 2.34. The summed E-state index contributed by atoms with van der Waals surface area (Å²) in [7, 11) is 0. The predicted molar refractivity (Wildman–Crippen MR) is 73.9 cm³/mol. The summed E-state index contributed by atoms with van der Waals surface area (Å²) in [5.41, 5.74) is 7.91. The van der Waals surface area contributed by atoms with Gasteiger partial charge in [-0.25, -0.2) is 9.97 Å². The van der Waals surface area contributed by atoms with E-state index in [-0.39, 0.29) is 6.04 Å². The van der Waals surface area contributed by atoms with Crippen molar-refractivity contribution in [2.75, 3.05) is 0 Å². The summed E-state index contributed by atoms with van der Waals surface area (Å²) >= 11 is 12.2. The van der Waals surface area contributed by atoms with Crippen LogP contribution < -0.4 is 5.73 Å². The number of hydrogen-bond acceptors (Lipinski definition) is 3. The van der Waals surface area contributed by atoms with E-state index in [1.807, 2.05) is 13.0 Å². The summed E-state index contributed by atoms with van der Waals surface area (Å²) in [6.07, 6.45) is 4.01. The van der Waals surface area contributed by atoms with Crippen LogP contribution in [0.25, 0.3) is 0 Å². The van der Waals surface area contributed by atoms with Crippen molar-refractivity contribution in [2.24, 2.45) is 5.73 Å². The molecule has 0 aliphatic rings. The molecule has 3 nitrogen and oxygen atoms in total. The van der Waals surface area contributed by atoms with Crippen LogP contribution in [-0.2, 0) is 6.42 Å². The Balaban J connectivity index is 2.21. The Morgan fingerprint density at radius 1 is 1.17 bits per heavy atom. The molecule has 2 N–H and O–H groups in total. The Hall–Kier alpha value is -1.16. The van der Waals surface area contributed by atoms with Gasteiger partial charge in [-0.1, -0.05) is 29.3 Å². The Bertz CT molecular complexity index is 520. The van der Waals surface area contributed by atoms with Crippen LogP contribution in [0, 0.1) is 6.92 Å². The zero-order valence-electron chi connectivity index (χ0n) is 9.90. The molecule has 1 aromatic carbocycles. The highest BCUT2D eigenvalue weighted by atomic mass is 35.5. The molecule has 0 radical (unpaired) electrons. The molecule has 1 atom stereocenters. The summed E-state index contributed by atoms with van der Waals surface area (Å²) in [5.74, 6) is 0.594. The number of nitrogens with two attached hydrogens (primary N) is 1. The maximum atomic E-state index is 6.11. The summed E-state index contributed by atoms with van der Waals surface area (Å²) < 4.78 is 0. The molecule has 0 amide bonds. The SMILES string of the molecule is Cc1cnc(C(N)Cc2c(Cl)cccc2Cl)nc1. The van der Waals surface area contributed by atoms with Crippen LogP contribution in [0.2, 0.25) is 10.0 Å². The molecule has 18 heavy (non-hydrogen) atoms. The lowest BCUT2D eigenvalue weighted by Gasteiger charge is -2.12. The Labute approximate surface area is 116 Å². The zero-order valence-corrected chi connectivity index (χ0v) is 11.4. The van der Waals surface area contributed by atoms with E-state index >= 15 is 0 Å². The van der Waals surface area contributed by atoms with Crippen LogP contribution in [0.5, 0.6) is 0 Å². The van der Waals surface area contributed by atoms with Crippen molar-refractivity contribution >= 4 is 23.2 Å². The summed E-state index contributed by atoms with van der Waals surface area (Å²) in [6.45, 7) is 1.93. The molecule has 0 saturated carbocycles. The lowest BCUT2D eigenvalue weighted by Crippen LogP contribution is -2.17. The Kier molecular flexibility index (Phi) is 4.17. The van der Waals surface area contributed by atoms with Crippen LogP contribution in [0.4, 0.5) is 0 Å². The quantitative estimate of drug-likeness (QED) is 0.939. The van der Waals surface area contributed by atoms with E-state index in [1.54, 1.807) is 24.5 Å². The molecule has 94 valence electrons. The minimum absolute atomic E-state index is 0.317. The van der Waals surface area contributed by atoms with E-state index in [2.05, 4.69) is 9.97 Å². The summed E-state index contributed by atoms with van der Waals surface area (Å²) in [6, 6.07) is 5.09. The first-order chi connectivity index (χ1) is 8.58. The number of aryl methyl sites for hydroxylation is 1. The minimum atomic E-state index is -0.317. The highest BCUT2D eigenvalue weighted by Crippen LogP contribution is 2.27. The van der Waals surface area contributed by atoms with Crippen molar-refractivity contribution in [3.8, 4) is 0 Å². The van der Waals surface area contributed by atoms with Gasteiger partial charge in [0.05, 0.1) is 6.04 Å². The van der Waals surface area contributed by atoms with Crippen molar-refractivity contribution in [3.63, 3.8) is 0 Å². The molecular formula is C13H13Cl2N3. The van der Waals surface area contributed by atoms with Crippen molar-refractivity contribution in [3.05, 3.63) is 57.6 Å². The van der Waals surface area contributed by atoms with Gasteiger partial charge < -0.3 is 5.73 Å². The maximum absolute atomic E-state index is 6.11. The van der Waals surface area contributed by atoms with E-state index in [9.17, 15) is 0 Å². The lowest BCUT2D eigenvalue weighted by atomic mass is 10.1. The van der Waals surface area contributed by atoms with Gasteiger partial charge in [0, 0.05) is 22.4 Å². The first kappa shape index (κ1) is 13.3. The van der Waals surface area contributed by atoms with Crippen LogP contribution in [0.1, 0.15) is 23.0 Å². The van der Waals surface area contributed by atoms with Gasteiger partial charge in [-0.3, -0.25) is 0 Å². The Morgan fingerprint density at radius 2 is 1.72 bits per heavy atom. The van der Waals surface area contributed by atoms with Crippen LogP contribution in [0.15, 0.2) is 30.6 Å². The van der Waals surface area contributed by atoms with E-state index in [0.29, 0.717) is 22.3 Å². The molecule has 0 fully saturated rings. The molecule has 0 spiro atoms.